The monoisotopic (exact) mass is 216 g/mol. The van der Waals surface area contributed by atoms with Crippen molar-refractivity contribution in [1.29, 1.82) is 0 Å². The average Bonchev–Trinajstić information content (AvgIpc) is 2.18. The topological polar surface area (TPSA) is 29.5 Å². The van der Waals surface area contributed by atoms with Gasteiger partial charge in [-0.3, -0.25) is 0 Å². The van der Waals surface area contributed by atoms with Crippen LogP contribution < -0.4 is 4.74 Å². The summed E-state index contributed by atoms with van der Waals surface area (Å²) in [5.74, 6) is -1.96. The van der Waals surface area contributed by atoms with Gasteiger partial charge in [0, 0.05) is 0 Å². The van der Waals surface area contributed by atoms with E-state index >= 15 is 0 Å². The van der Waals surface area contributed by atoms with E-state index in [2.05, 4.69) is 0 Å². The summed E-state index contributed by atoms with van der Waals surface area (Å²) in [7, 11) is 0. The van der Waals surface area contributed by atoms with Gasteiger partial charge in [-0.05, 0) is 31.9 Å². The van der Waals surface area contributed by atoms with Crippen LogP contribution in [-0.4, -0.2) is 17.8 Å². The van der Waals surface area contributed by atoms with Gasteiger partial charge in [0.1, 0.15) is 0 Å². The van der Waals surface area contributed by atoms with Crippen LogP contribution in [0.5, 0.6) is 5.75 Å². The molecule has 0 bridgehead atoms. The lowest BCUT2D eigenvalue weighted by molar-refractivity contribution is 0.169. The first-order chi connectivity index (χ1) is 7.11. The van der Waals surface area contributed by atoms with E-state index in [-0.39, 0.29) is 12.4 Å². The first kappa shape index (κ1) is 11.9. The highest BCUT2D eigenvalue weighted by atomic mass is 19.2. The first-order valence-electron chi connectivity index (χ1n) is 4.86. The summed E-state index contributed by atoms with van der Waals surface area (Å²) in [5, 5.41) is 8.96. The fourth-order valence-electron chi connectivity index (χ4n) is 1.16. The van der Waals surface area contributed by atoms with Crippen molar-refractivity contribution in [3.8, 4) is 5.75 Å². The van der Waals surface area contributed by atoms with Crippen LogP contribution in [0.4, 0.5) is 8.78 Å². The van der Waals surface area contributed by atoms with Gasteiger partial charge >= 0.3 is 0 Å². The van der Waals surface area contributed by atoms with Crippen LogP contribution in [0.25, 0.3) is 0 Å². The summed E-state index contributed by atoms with van der Waals surface area (Å²) in [4.78, 5) is 0. The van der Waals surface area contributed by atoms with Crippen molar-refractivity contribution < 1.29 is 18.6 Å². The second-order valence-electron chi connectivity index (χ2n) is 3.39. The average molecular weight is 216 g/mol. The van der Waals surface area contributed by atoms with E-state index in [1.165, 1.54) is 12.1 Å². The minimum absolute atomic E-state index is 0.0828. The highest BCUT2D eigenvalue weighted by Crippen LogP contribution is 2.19. The van der Waals surface area contributed by atoms with Crippen LogP contribution in [-0.2, 0) is 0 Å². The van der Waals surface area contributed by atoms with Crippen molar-refractivity contribution in [3.63, 3.8) is 0 Å². The van der Waals surface area contributed by atoms with Crippen molar-refractivity contribution >= 4 is 0 Å². The Morgan fingerprint density at radius 3 is 2.80 bits per heavy atom. The van der Waals surface area contributed by atoms with Crippen molar-refractivity contribution in [3.05, 3.63) is 29.8 Å². The predicted molar refractivity (Wildman–Crippen MR) is 52.8 cm³/mol. The third-order valence-corrected chi connectivity index (χ3v) is 1.94. The Hall–Kier alpha value is -1.16. The Balaban J connectivity index is 2.41. The molecule has 2 nitrogen and oxygen atoms in total. The van der Waals surface area contributed by atoms with E-state index < -0.39 is 17.7 Å². The summed E-state index contributed by atoms with van der Waals surface area (Å²) in [6.45, 7) is 1.94. The SMILES string of the molecule is CC(O)CCCOc1cccc(F)c1F. The molecule has 0 radical (unpaired) electrons. The predicted octanol–water partition coefficient (Wildman–Crippen LogP) is 2.50. The third kappa shape index (κ3) is 3.83. The molecular weight excluding hydrogens is 202 g/mol. The van der Waals surface area contributed by atoms with Crippen molar-refractivity contribution in [2.24, 2.45) is 0 Å². The molecule has 0 amide bonds. The molecule has 4 heteroatoms. The Morgan fingerprint density at radius 2 is 2.13 bits per heavy atom. The maximum absolute atomic E-state index is 13.0. The molecule has 0 aliphatic carbocycles. The largest absolute Gasteiger partial charge is 0.490 e. The first-order valence-corrected chi connectivity index (χ1v) is 4.86. The van der Waals surface area contributed by atoms with Gasteiger partial charge in [0.15, 0.2) is 11.6 Å². The maximum atomic E-state index is 13.0. The molecule has 0 fully saturated rings. The lowest BCUT2D eigenvalue weighted by Crippen LogP contribution is -2.05. The van der Waals surface area contributed by atoms with Gasteiger partial charge in [0.25, 0.3) is 0 Å². The fraction of sp³-hybridized carbons (Fsp3) is 0.455. The molecule has 0 heterocycles. The molecular formula is C11H14F2O2. The highest BCUT2D eigenvalue weighted by molar-refractivity contribution is 5.24. The minimum atomic E-state index is -0.963. The summed E-state index contributed by atoms with van der Waals surface area (Å²) >= 11 is 0. The van der Waals surface area contributed by atoms with Gasteiger partial charge in [-0.1, -0.05) is 6.07 Å². The quantitative estimate of drug-likeness (QED) is 0.766. The number of halogens is 2. The summed E-state index contributed by atoms with van der Waals surface area (Å²) < 4.78 is 30.8. The van der Waals surface area contributed by atoms with Crippen molar-refractivity contribution in [1.82, 2.24) is 0 Å². The normalized spacial score (nSPS) is 12.5. The van der Waals surface area contributed by atoms with Crippen LogP contribution >= 0.6 is 0 Å². The standard InChI is InChI=1S/C11H14F2O2/c1-8(14)4-3-7-15-10-6-2-5-9(12)11(10)13/h2,5-6,8,14H,3-4,7H2,1H3. The zero-order chi connectivity index (χ0) is 11.3. The molecule has 1 rings (SSSR count). The Labute approximate surface area is 87.5 Å². The molecule has 1 atom stereocenters. The molecule has 0 saturated heterocycles. The smallest absolute Gasteiger partial charge is 0.200 e. The zero-order valence-electron chi connectivity index (χ0n) is 8.54. The van der Waals surface area contributed by atoms with Crippen molar-refractivity contribution in [2.75, 3.05) is 6.61 Å². The molecule has 0 aliphatic heterocycles. The molecule has 1 aromatic carbocycles. The van der Waals surface area contributed by atoms with Gasteiger partial charge in [-0.25, -0.2) is 4.39 Å². The number of hydrogen-bond donors (Lipinski definition) is 1. The van der Waals surface area contributed by atoms with E-state index in [9.17, 15) is 8.78 Å². The van der Waals surface area contributed by atoms with Crippen LogP contribution in [0.3, 0.4) is 0 Å². The van der Waals surface area contributed by atoms with Gasteiger partial charge < -0.3 is 9.84 Å². The van der Waals surface area contributed by atoms with Crippen LogP contribution in [0.2, 0.25) is 0 Å². The van der Waals surface area contributed by atoms with Crippen LogP contribution in [0, 0.1) is 11.6 Å². The number of ether oxygens (including phenoxy) is 1. The van der Waals surface area contributed by atoms with Gasteiger partial charge in [0.05, 0.1) is 12.7 Å². The van der Waals surface area contributed by atoms with Crippen LogP contribution in [0.15, 0.2) is 18.2 Å². The molecule has 84 valence electrons. The van der Waals surface area contributed by atoms with Gasteiger partial charge in [-0.15, -0.1) is 0 Å². The van der Waals surface area contributed by atoms with Crippen LogP contribution in [0.1, 0.15) is 19.8 Å². The molecule has 15 heavy (non-hydrogen) atoms. The fourth-order valence-corrected chi connectivity index (χ4v) is 1.16. The molecule has 0 saturated carbocycles. The van der Waals surface area contributed by atoms with E-state index in [0.29, 0.717) is 12.8 Å². The lowest BCUT2D eigenvalue weighted by Gasteiger charge is -2.08. The Kier molecular flexibility index (Phi) is 4.49. The summed E-state index contributed by atoms with van der Waals surface area (Å²) in [5.41, 5.74) is 0. The summed E-state index contributed by atoms with van der Waals surface area (Å²) in [6, 6.07) is 3.81. The third-order valence-electron chi connectivity index (χ3n) is 1.94. The molecule has 0 spiro atoms. The number of rotatable bonds is 5. The maximum Gasteiger partial charge on any atom is 0.200 e. The molecule has 1 unspecified atom stereocenters. The number of benzene rings is 1. The van der Waals surface area contributed by atoms with E-state index in [1.807, 2.05) is 0 Å². The van der Waals surface area contributed by atoms with Gasteiger partial charge in [0.2, 0.25) is 5.82 Å². The second kappa shape index (κ2) is 5.66. The Bertz CT molecular complexity index is 313. The number of aliphatic hydroxyl groups is 1. The molecule has 1 N–H and O–H groups in total. The minimum Gasteiger partial charge on any atom is -0.490 e. The summed E-state index contributed by atoms with van der Waals surface area (Å²) in [6.07, 6.45) is 0.788. The molecule has 0 aromatic heterocycles. The lowest BCUT2D eigenvalue weighted by atomic mass is 10.2. The van der Waals surface area contributed by atoms with Crippen molar-refractivity contribution in [2.45, 2.75) is 25.9 Å². The van der Waals surface area contributed by atoms with E-state index in [1.54, 1.807) is 6.92 Å². The zero-order valence-corrected chi connectivity index (χ0v) is 8.54. The van der Waals surface area contributed by atoms with E-state index in [4.69, 9.17) is 9.84 Å². The molecule has 0 aliphatic rings. The molecule has 1 aromatic rings. The van der Waals surface area contributed by atoms with Gasteiger partial charge in [-0.2, -0.15) is 4.39 Å². The second-order valence-corrected chi connectivity index (χ2v) is 3.39. The number of hydrogen-bond acceptors (Lipinski definition) is 2. The highest BCUT2D eigenvalue weighted by Gasteiger charge is 2.08. The number of aliphatic hydroxyl groups excluding tert-OH is 1. The Morgan fingerprint density at radius 1 is 1.40 bits per heavy atom. The van der Waals surface area contributed by atoms with E-state index in [0.717, 1.165) is 6.07 Å².